The topological polar surface area (TPSA) is 35.5 Å². The van der Waals surface area contributed by atoms with E-state index in [9.17, 15) is 3.02 Å². The molecule has 0 aliphatic carbocycles. The summed E-state index contributed by atoms with van der Waals surface area (Å²) in [6, 6.07) is 0. The first-order valence-corrected chi connectivity index (χ1v) is 4.92. The van der Waals surface area contributed by atoms with E-state index in [1.807, 2.05) is 0 Å². The van der Waals surface area contributed by atoms with Crippen LogP contribution >= 0.6 is 0 Å². The van der Waals surface area contributed by atoms with E-state index in [0.29, 0.717) is 0 Å². The average Bonchev–Trinajstić information content (AvgIpc) is 1.65. The molecule has 0 N–H and O–H groups in total. The standard InChI is InChI=1S/2CH3O.O.Sb.H/c2*1-2;;;/h2*1H3;;;/q2*-1;;+2;. The van der Waals surface area contributed by atoms with Crippen molar-refractivity contribution in [3.63, 3.8) is 0 Å². The Bertz CT molecular complexity index is 46.8. The Hall–Kier alpha value is 0.538. The van der Waals surface area contributed by atoms with Crippen LogP contribution < -0.4 is 0 Å². The van der Waals surface area contributed by atoms with Gasteiger partial charge in [0.25, 0.3) is 0 Å². The summed E-state index contributed by atoms with van der Waals surface area (Å²) < 4.78 is 18.7. The summed E-state index contributed by atoms with van der Waals surface area (Å²) in [7, 11) is 2.76. The Kier molecular flexibility index (Phi) is 4.05. The molecule has 0 heterocycles. The Labute approximate surface area is 44.7 Å². The Balaban J connectivity index is 2.99. The zero-order chi connectivity index (χ0) is 4.99. The van der Waals surface area contributed by atoms with Gasteiger partial charge in [-0.15, -0.1) is 0 Å². The molecule has 0 rings (SSSR count). The minimum atomic E-state index is -2.87. The fourth-order valence-electron chi connectivity index (χ4n) is 0.0833. The van der Waals surface area contributed by atoms with Crippen LogP contribution in [0.15, 0.2) is 0 Å². The summed E-state index contributed by atoms with van der Waals surface area (Å²) in [6.07, 6.45) is 0. The van der Waals surface area contributed by atoms with Crippen LogP contribution in [0.4, 0.5) is 0 Å². The second-order valence-corrected chi connectivity index (χ2v) is 4.42. The third-order valence-electron chi connectivity index (χ3n) is 0.333. The molecule has 0 saturated carbocycles. The third kappa shape index (κ3) is 2.76. The van der Waals surface area contributed by atoms with E-state index < -0.39 is 21.0 Å². The average molecular weight is 201 g/mol. The van der Waals surface area contributed by atoms with Crippen molar-refractivity contribution >= 4 is 21.0 Å². The molecule has 0 atom stereocenters. The molecule has 4 heteroatoms. The van der Waals surface area contributed by atoms with Crippen LogP contribution in [-0.2, 0) is 9.05 Å². The molecule has 0 aromatic carbocycles. The van der Waals surface area contributed by atoms with Crippen molar-refractivity contribution in [3.8, 4) is 0 Å². The first kappa shape index (κ1) is 6.54. The molecular formula is C2H7O3Sb. The fourth-order valence-corrected chi connectivity index (χ4v) is 0.559. The van der Waals surface area contributed by atoms with Gasteiger partial charge in [0.15, 0.2) is 0 Å². The molecule has 0 saturated heterocycles. The summed E-state index contributed by atoms with van der Waals surface area (Å²) in [5.41, 5.74) is 0. The Morgan fingerprint density at radius 2 is 1.67 bits per heavy atom. The fraction of sp³-hybridized carbons (Fsp3) is 1.00. The van der Waals surface area contributed by atoms with E-state index >= 15 is 0 Å². The van der Waals surface area contributed by atoms with Gasteiger partial charge in [0, 0.05) is 0 Å². The minimum absolute atomic E-state index is 1.38. The van der Waals surface area contributed by atoms with Gasteiger partial charge in [0.1, 0.15) is 0 Å². The van der Waals surface area contributed by atoms with Crippen LogP contribution in [0.2, 0.25) is 0 Å². The monoisotopic (exact) mass is 200 g/mol. The maximum absolute atomic E-state index is 10.0. The summed E-state index contributed by atoms with van der Waals surface area (Å²) in [5.74, 6) is 0. The maximum atomic E-state index is 10.0. The molecule has 0 bridgehead atoms. The Morgan fingerprint density at radius 1 is 1.33 bits per heavy atom. The van der Waals surface area contributed by atoms with Crippen LogP contribution in [-0.4, -0.2) is 35.3 Å². The predicted molar refractivity (Wildman–Crippen MR) is 21.9 cm³/mol. The quantitative estimate of drug-likeness (QED) is 0.561. The number of rotatable bonds is 2. The van der Waals surface area contributed by atoms with Crippen molar-refractivity contribution in [2.45, 2.75) is 0 Å². The molecule has 3 nitrogen and oxygen atoms in total. The molecule has 6 heavy (non-hydrogen) atoms. The zero-order valence-corrected chi connectivity index (χ0v) is 6.58. The molecule has 0 radical (unpaired) electrons. The van der Waals surface area contributed by atoms with E-state index in [-0.39, 0.29) is 0 Å². The van der Waals surface area contributed by atoms with Gasteiger partial charge in [0.2, 0.25) is 0 Å². The molecule has 0 aliphatic heterocycles. The second-order valence-electron chi connectivity index (χ2n) is 0.658. The van der Waals surface area contributed by atoms with Gasteiger partial charge in [-0.1, -0.05) is 0 Å². The van der Waals surface area contributed by atoms with E-state index in [1.54, 1.807) is 0 Å². The molecule has 0 aromatic rings. The summed E-state index contributed by atoms with van der Waals surface area (Å²) in [5, 5.41) is 0. The van der Waals surface area contributed by atoms with Crippen LogP contribution in [0.1, 0.15) is 0 Å². The molecule has 0 unspecified atom stereocenters. The van der Waals surface area contributed by atoms with E-state index in [0.717, 1.165) is 0 Å². The first-order valence-electron chi connectivity index (χ1n) is 1.43. The van der Waals surface area contributed by atoms with Gasteiger partial charge in [-0.25, -0.2) is 0 Å². The zero-order valence-electron chi connectivity index (χ0n) is 3.72. The van der Waals surface area contributed by atoms with Crippen LogP contribution in [0, 0.1) is 0 Å². The van der Waals surface area contributed by atoms with Crippen molar-refractivity contribution in [2.24, 2.45) is 0 Å². The molecule has 0 amide bonds. The second kappa shape index (κ2) is 3.72. The predicted octanol–water partition coefficient (Wildman–Crippen LogP) is -0.573. The van der Waals surface area contributed by atoms with Crippen molar-refractivity contribution in [1.82, 2.24) is 0 Å². The SMILES string of the molecule is C[O][SbH](=[O])[O]C. The number of hydrogen-bond donors (Lipinski definition) is 0. The summed E-state index contributed by atoms with van der Waals surface area (Å²) in [6.45, 7) is 0. The van der Waals surface area contributed by atoms with Crippen molar-refractivity contribution in [2.75, 3.05) is 14.2 Å². The van der Waals surface area contributed by atoms with Gasteiger partial charge < -0.3 is 0 Å². The van der Waals surface area contributed by atoms with Gasteiger partial charge in [0.05, 0.1) is 0 Å². The van der Waals surface area contributed by atoms with Gasteiger partial charge in [-0.05, 0) is 0 Å². The normalized spacial score (nSPS) is 9.83. The van der Waals surface area contributed by atoms with E-state index in [1.165, 1.54) is 14.2 Å². The molecule has 0 spiro atoms. The molecule has 38 valence electrons. The van der Waals surface area contributed by atoms with Gasteiger partial charge >= 0.3 is 44.3 Å². The van der Waals surface area contributed by atoms with Crippen LogP contribution in [0.3, 0.4) is 0 Å². The van der Waals surface area contributed by atoms with Gasteiger partial charge in [-0.3, -0.25) is 0 Å². The van der Waals surface area contributed by atoms with Crippen molar-refractivity contribution in [3.05, 3.63) is 0 Å². The van der Waals surface area contributed by atoms with Crippen molar-refractivity contribution in [1.29, 1.82) is 0 Å². The Morgan fingerprint density at radius 3 is 1.67 bits per heavy atom. The van der Waals surface area contributed by atoms with E-state index in [2.05, 4.69) is 6.03 Å². The molecule has 0 aromatic heterocycles. The van der Waals surface area contributed by atoms with Crippen LogP contribution in [0.25, 0.3) is 0 Å². The first-order chi connectivity index (χ1) is 2.81. The van der Waals surface area contributed by atoms with Crippen molar-refractivity contribution < 1.29 is 9.05 Å². The third-order valence-corrected chi connectivity index (χ3v) is 2.24. The summed E-state index contributed by atoms with van der Waals surface area (Å²) >= 11 is -2.87. The molecule has 0 aliphatic rings. The molecule has 0 fully saturated rings. The summed E-state index contributed by atoms with van der Waals surface area (Å²) in [4.78, 5) is 0. The molecular weight excluding hydrogens is 194 g/mol. The number of hydrogen-bond acceptors (Lipinski definition) is 3. The van der Waals surface area contributed by atoms with Crippen LogP contribution in [0.5, 0.6) is 0 Å². The van der Waals surface area contributed by atoms with E-state index in [4.69, 9.17) is 0 Å². The van der Waals surface area contributed by atoms with Gasteiger partial charge in [-0.2, -0.15) is 0 Å².